The Balaban J connectivity index is 2.96. The van der Waals surface area contributed by atoms with Gasteiger partial charge < -0.3 is 10.5 Å². The monoisotopic (exact) mass is 252 g/mol. The van der Waals surface area contributed by atoms with Crippen LogP contribution < -0.4 is 10.5 Å². The molecule has 0 heterocycles. The highest BCUT2D eigenvalue weighted by Gasteiger charge is 2.13. The summed E-state index contributed by atoms with van der Waals surface area (Å²) in [5, 5.41) is 9.28. The lowest BCUT2D eigenvalue weighted by atomic mass is 10.0. The summed E-state index contributed by atoms with van der Waals surface area (Å²) in [6.45, 7) is 3.72. The first kappa shape index (κ1) is 13.8. The maximum absolute atomic E-state index is 8.76. The van der Waals surface area contributed by atoms with Gasteiger partial charge in [-0.3, -0.25) is 0 Å². The molecule has 1 aromatic rings. The minimum absolute atomic E-state index is 0.0770. The number of hydrogen-bond donors (Lipinski definition) is 1. The van der Waals surface area contributed by atoms with Crippen molar-refractivity contribution in [3.63, 3.8) is 0 Å². The number of ether oxygens (including phenoxy) is 1. The summed E-state index contributed by atoms with van der Waals surface area (Å²) in [7, 11) is 0. The second kappa shape index (κ2) is 6.48. The van der Waals surface area contributed by atoms with Crippen molar-refractivity contribution in [2.75, 3.05) is 0 Å². The molecule has 0 spiro atoms. The number of rotatable bonds is 5. The SMILES string of the molecule is CCC(N)Cc1cccc(Cl)c1OC(C)C#N. The standard InChI is InChI=1S/C13H17ClN2O/c1-3-11(16)7-10-5-4-6-12(14)13(10)17-9(2)8-15/h4-6,9,11H,3,7,16H2,1-2H3. The zero-order chi connectivity index (χ0) is 12.8. The van der Waals surface area contributed by atoms with Crippen molar-refractivity contribution in [3.05, 3.63) is 28.8 Å². The van der Waals surface area contributed by atoms with E-state index in [1.54, 1.807) is 13.0 Å². The number of hydrogen-bond acceptors (Lipinski definition) is 3. The lowest BCUT2D eigenvalue weighted by Crippen LogP contribution is -2.22. The molecule has 0 aromatic heterocycles. The van der Waals surface area contributed by atoms with Crippen LogP contribution in [0.3, 0.4) is 0 Å². The Morgan fingerprint density at radius 3 is 2.82 bits per heavy atom. The van der Waals surface area contributed by atoms with Crippen molar-refractivity contribution >= 4 is 11.6 Å². The van der Waals surface area contributed by atoms with E-state index in [-0.39, 0.29) is 6.04 Å². The molecule has 0 saturated heterocycles. The van der Waals surface area contributed by atoms with Crippen molar-refractivity contribution < 1.29 is 4.74 Å². The Morgan fingerprint density at radius 2 is 2.24 bits per heavy atom. The Labute approximate surface area is 107 Å². The highest BCUT2D eigenvalue weighted by atomic mass is 35.5. The van der Waals surface area contributed by atoms with Crippen molar-refractivity contribution in [2.45, 2.75) is 38.8 Å². The van der Waals surface area contributed by atoms with Crippen molar-refractivity contribution in [1.82, 2.24) is 0 Å². The molecular formula is C13H17ClN2O. The van der Waals surface area contributed by atoms with E-state index in [0.29, 0.717) is 17.2 Å². The molecular weight excluding hydrogens is 236 g/mol. The predicted octanol–water partition coefficient (Wildman–Crippen LogP) is 2.91. The van der Waals surface area contributed by atoms with Gasteiger partial charge in [0, 0.05) is 6.04 Å². The fourth-order valence-electron chi connectivity index (χ4n) is 1.48. The van der Waals surface area contributed by atoms with E-state index in [1.807, 2.05) is 25.1 Å². The molecule has 2 unspecified atom stereocenters. The van der Waals surface area contributed by atoms with Crippen LogP contribution >= 0.6 is 11.6 Å². The maximum atomic E-state index is 8.76. The molecule has 3 nitrogen and oxygen atoms in total. The van der Waals surface area contributed by atoms with Crippen LogP contribution in [-0.2, 0) is 6.42 Å². The van der Waals surface area contributed by atoms with Gasteiger partial charge in [-0.2, -0.15) is 5.26 Å². The van der Waals surface area contributed by atoms with Gasteiger partial charge >= 0.3 is 0 Å². The van der Waals surface area contributed by atoms with Gasteiger partial charge in [0.2, 0.25) is 0 Å². The second-order valence-corrected chi connectivity index (χ2v) is 4.40. The summed E-state index contributed by atoms with van der Waals surface area (Å²) in [4.78, 5) is 0. The average Bonchev–Trinajstić information content (AvgIpc) is 2.33. The molecule has 4 heteroatoms. The van der Waals surface area contributed by atoms with Gasteiger partial charge in [0.25, 0.3) is 0 Å². The molecule has 0 aliphatic rings. The Hall–Kier alpha value is -1.24. The van der Waals surface area contributed by atoms with Crippen LogP contribution in [0.1, 0.15) is 25.8 Å². The molecule has 1 aromatic carbocycles. The summed E-state index contributed by atoms with van der Waals surface area (Å²) in [5.74, 6) is 0.576. The number of nitriles is 1. The summed E-state index contributed by atoms with van der Waals surface area (Å²) in [6.07, 6.45) is 1.07. The second-order valence-electron chi connectivity index (χ2n) is 3.99. The Bertz CT molecular complexity index is 414. The minimum Gasteiger partial charge on any atom is -0.474 e. The third kappa shape index (κ3) is 3.92. The quantitative estimate of drug-likeness (QED) is 0.877. The fraction of sp³-hybridized carbons (Fsp3) is 0.462. The topological polar surface area (TPSA) is 59.0 Å². The molecule has 17 heavy (non-hydrogen) atoms. The Morgan fingerprint density at radius 1 is 1.53 bits per heavy atom. The predicted molar refractivity (Wildman–Crippen MR) is 69.1 cm³/mol. The third-order valence-corrected chi connectivity index (χ3v) is 2.83. The number of halogens is 1. The van der Waals surface area contributed by atoms with E-state index >= 15 is 0 Å². The van der Waals surface area contributed by atoms with Crippen LogP contribution in [-0.4, -0.2) is 12.1 Å². The first-order valence-corrected chi connectivity index (χ1v) is 6.05. The van der Waals surface area contributed by atoms with Gasteiger partial charge in [0.15, 0.2) is 6.10 Å². The summed E-state index contributed by atoms with van der Waals surface area (Å²) in [6, 6.07) is 7.65. The van der Waals surface area contributed by atoms with Crippen molar-refractivity contribution in [3.8, 4) is 11.8 Å². The normalized spacial score (nSPS) is 13.8. The van der Waals surface area contributed by atoms with E-state index in [1.165, 1.54) is 0 Å². The molecule has 1 rings (SSSR count). The molecule has 2 atom stereocenters. The van der Waals surface area contributed by atoms with Gasteiger partial charge in [0.1, 0.15) is 11.8 Å². The van der Waals surface area contributed by atoms with Crippen LogP contribution in [0.2, 0.25) is 5.02 Å². The molecule has 0 amide bonds. The summed E-state index contributed by atoms with van der Waals surface area (Å²) < 4.78 is 5.52. The smallest absolute Gasteiger partial charge is 0.181 e. The van der Waals surface area contributed by atoms with Crippen LogP contribution in [0.15, 0.2) is 18.2 Å². The molecule has 2 N–H and O–H groups in total. The van der Waals surface area contributed by atoms with Gasteiger partial charge in [-0.15, -0.1) is 0 Å². The Kier molecular flexibility index (Phi) is 5.27. The number of benzene rings is 1. The number of nitrogens with two attached hydrogens (primary N) is 1. The fourth-order valence-corrected chi connectivity index (χ4v) is 1.71. The molecule has 0 saturated carbocycles. The van der Waals surface area contributed by atoms with Gasteiger partial charge in [-0.05, 0) is 31.4 Å². The van der Waals surface area contributed by atoms with Crippen LogP contribution in [0.25, 0.3) is 0 Å². The van der Waals surface area contributed by atoms with E-state index in [0.717, 1.165) is 12.0 Å². The van der Waals surface area contributed by atoms with Crippen LogP contribution in [0.5, 0.6) is 5.75 Å². The van der Waals surface area contributed by atoms with Crippen LogP contribution in [0.4, 0.5) is 0 Å². The summed E-state index contributed by atoms with van der Waals surface area (Å²) >= 11 is 6.08. The maximum Gasteiger partial charge on any atom is 0.181 e. The largest absolute Gasteiger partial charge is 0.474 e. The highest BCUT2D eigenvalue weighted by molar-refractivity contribution is 6.32. The lowest BCUT2D eigenvalue weighted by molar-refractivity contribution is 0.273. The number of para-hydroxylation sites is 1. The van der Waals surface area contributed by atoms with Crippen molar-refractivity contribution in [1.29, 1.82) is 5.26 Å². The molecule has 0 bridgehead atoms. The first-order chi connectivity index (χ1) is 8.08. The highest BCUT2D eigenvalue weighted by Crippen LogP contribution is 2.30. The summed E-state index contributed by atoms with van der Waals surface area (Å²) in [5.41, 5.74) is 6.88. The van der Waals surface area contributed by atoms with E-state index in [2.05, 4.69) is 0 Å². The molecule has 92 valence electrons. The lowest BCUT2D eigenvalue weighted by Gasteiger charge is -2.16. The molecule has 0 aliphatic heterocycles. The van der Waals surface area contributed by atoms with Gasteiger partial charge in [-0.1, -0.05) is 30.7 Å². The molecule has 0 aliphatic carbocycles. The van der Waals surface area contributed by atoms with E-state index in [4.69, 9.17) is 27.3 Å². The van der Waals surface area contributed by atoms with Gasteiger partial charge in [-0.25, -0.2) is 0 Å². The van der Waals surface area contributed by atoms with Crippen LogP contribution in [0, 0.1) is 11.3 Å². The zero-order valence-electron chi connectivity index (χ0n) is 10.1. The number of nitrogens with zero attached hydrogens (tertiary/aromatic N) is 1. The first-order valence-electron chi connectivity index (χ1n) is 5.67. The minimum atomic E-state index is -0.522. The van der Waals surface area contributed by atoms with Gasteiger partial charge in [0.05, 0.1) is 5.02 Å². The zero-order valence-corrected chi connectivity index (χ0v) is 10.9. The van der Waals surface area contributed by atoms with Crippen molar-refractivity contribution in [2.24, 2.45) is 5.73 Å². The third-order valence-electron chi connectivity index (χ3n) is 2.53. The van der Waals surface area contributed by atoms with E-state index in [9.17, 15) is 0 Å². The average molecular weight is 253 g/mol. The molecule has 0 fully saturated rings. The van der Waals surface area contributed by atoms with E-state index < -0.39 is 6.10 Å². The molecule has 0 radical (unpaired) electrons.